The molecule has 1 aromatic heterocycles. The van der Waals surface area contributed by atoms with Crippen LogP contribution in [0.4, 0.5) is 4.79 Å². The molecule has 0 N–H and O–H groups in total. The summed E-state index contributed by atoms with van der Waals surface area (Å²) in [6, 6.07) is 5.95. The molecular weight excluding hydrogens is 254 g/mol. The summed E-state index contributed by atoms with van der Waals surface area (Å²) in [6.45, 7) is 4.17. The highest BCUT2D eigenvalue weighted by Crippen LogP contribution is 2.17. The van der Waals surface area contributed by atoms with Crippen LogP contribution in [0.15, 0.2) is 30.7 Å². The summed E-state index contributed by atoms with van der Waals surface area (Å²) in [5, 5.41) is 1.16. The lowest BCUT2D eigenvalue weighted by atomic mass is 9.99. The number of hydrogen-bond donors (Lipinski definition) is 0. The number of hydroxylamine groups is 2. The van der Waals surface area contributed by atoms with Crippen molar-refractivity contribution in [2.45, 2.75) is 20.3 Å². The van der Waals surface area contributed by atoms with E-state index in [1.165, 1.54) is 34.7 Å². The predicted molar refractivity (Wildman–Crippen MR) is 76.5 cm³/mol. The second-order valence-corrected chi connectivity index (χ2v) is 4.78. The molecule has 2 aromatic rings. The van der Waals surface area contributed by atoms with Crippen molar-refractivity contribution in [1.29, 1.82) is 0 Å². The average Bonchev–Trinajstić information content (AvgIpc) is 2.90. The van der Waals surface area contributed by atoms with Gasteiger partial charge in [0.05, 0.1) is 12.8 Å². The topological polar surface area (TPSA) is 47.4 Å². The van der Waals surface area contributed by atoms with Gasteiger partial charge in [-0.3, -0.25) is 9.40 Å². The molecule has 0 fully saturated rings. The Labute approximate surface area is 118 Å². The summed E-state index contributed by atoms with van der Waals surface area (Å²) in [5.74, 6) is 0. The first-order valence-electron chi connectivity index (χ1n) is 6.43. The Bertz CT molecular complexity index is 599. The van der Waals surface area contributed by atoms with Crippen LogP contribution in [0.2, 0.25) is 0 Å². The smallest absolute Gasteiger partial charge is 0.273 e. The molecule has 1 amide bonds. The van der Waals surface area contributed by atoms with Crippen LogP contribution in [0.5, 0.6) is 0 Å². The van der Waals surface area contributed by atoms with Crippen molar-refractivity contribution in [3.63, 3.8) is 0 Å². The quantitative estimate of drug-likeness (QED) is 0.807. The van der Waals surface area contributed by atoms with Gasteiger partial charge in [-0.15, -0.1) is 0 Å². The predicted octanol–water partition coefficient (Wildman–Crippen LogP) is 2.55. The van der Waals surface area contributed by atoms with Crippen molar-refractivity contribution in [3.05, 3.63) is 53.1 Å². The number of imidazole rings is 1. The summed E-state index contributed by atoms with van der Waals surface area (Å²) in [5.41, 5.74) is 4.59. The summed E-state index contributed by atoms with van der Waals surface area (Å²) in [7, 11) is 3.01. The first-order chi connectivity index (χ1) is 9.52. The molecule has 0 saturated heterocycles. The Morgan fingerprint density at radius 1 is 1.35 bits per heavy atom. The fourth-order valence-corrected chi connectivity index (χ4v) is 2.11. The van der Waals surface area contributed by atoms with Crippen LogP contribution in [0.1, 0.15) is 22.4 Å². The van der Waals surface area contributed by atoms with Crippen LogP contribution in [0.3, 0.4) is 0 Å². The van der Waals surface area contributed by atoms with Crippen molar-refractivity contribution < 1.29 is 9.63 Å². The number of hydrogen-bond acceptors (Lipinski definition) is 3. The van der Waals surface area contributed by atoms with E-state index in [1.54, 1.807) is 13.2 Å². The van der Waals surface area contributed by atoms with Gasteiger partial charge in [0, 0.05) is 19.7 Å². The van der Waals surface area contributed by atoms with E-state index in [-0.39, 0.29) is 6.03 Å². The third kappa shape index (κ3) is 2.88. The Morgan fingerprint density at radius 3 is 2.60 bits per heavy atom. The number of benzene rings is 1. The van der Waals surface area contributed by atoms with E-state index in [0.29, 0.717) is 0 Å². The Balaban J connectivity index is 2.20. The van der Waals surface area contributed by atoms with Crippen LogP contribution >= 0.6 is 0 Å². The standard InChI is InChI=1S/C15H19N3O2/c1-11-6-5-7-12(2)14(11)8-13-9-18(10-16-13)15(19)17(3)20-4/h5-7,9-10H,8H2,1-4H3. The molecule has 0 atom stereocenters. The van der Waals surface area contributed by atoms with Crippen molar-refractivity contribution in [3.8, 4) is 0 Å². The summed E-state index contributed by atoms with van der Waals surface area (Å²) in [4.78, 5) is 21.1. The lowest BCUT2D eigenvalue weighted by Gasteiger charge is -2.12. The number of rotatable bonds is 3. The highest BCUT2D eigenvalue weighted by atomic mass is 16.7. The van der Waals surface area contributed by atoms with Crippen molar-refractivity contribution in [2.75, 3.05) is 14.2 Å². The Hall–Kier alpha value is -2.14. The molecule has 0 radical (unpaired) electrons. The third-order valence-corrected chi connectivity index (χ3v) is 3.40. The molecule has 0 saturated carbocycles. The zero-order valence-corrected chi connectivity index (χ0v) is 12.3. The summed E-state index contributed by atoms with van der Waals surface area (Å²) in [6.07, 6.45) is 3.97. The Kier molecular flexibility index (Phi) is 4.20. The number of aryl methyl sites for hydroxylation is 2. The molecule has 106 valence electrons. The molecule has 0 aliphatic rings. The zero-order chi connectivity index (χ0) is 14.7. The van der Waals surface area contributed by atoms with Gasteiger partial charge in [-0.05, 0) is 30.5 Å². The van der Waals surface area contributed by atoms with Crippen molar-refractivity contribution in [2.24, 2.45) is 0 Å². The highest BCUT2D eigenvalue weighted by Gasteiger charge is 2.12. The Morgan fingerprint density at radius 2 is 2.00 bits per heavy atom. The lowest BCUT2D eigenvalue weighted by molar-refractivity contribution is -0.0643. The largest absolute Gasteiger partial charge is 0.353 e. The molecule has 5 heteroatoms. The number of amides is 1. The fourth-order valence-electron chi connectivity index (χ4n) is 2.11. The van der Waals surface area contributed by atoms with Gasteiger partial charge < -0.3 is 0 Å². The fraction of sp³-hybridized carbons (Fsp3) is 0.333. The first-order valence-corrected chi connectivity index (χ1v) is 6.43. The number of aromatic nitrogens is 2. The van der Waals surface area contributed by atoms with Gasteiger partial charge in [-0.2, -0.15) is 0 Å². The molecule has 2 rings (SSSR count). The van der Waals surface area contributed by atoms with Crippen molar-refractivity contribution >= 4 is 6.03 Å². The first kappa shape index (κ1) is 14.3. The minimum absolute atomic E-state index is 0.271. The molecule has 20 heavy (non-hydrogen) atoms. The normalized spacial score (nSPS) is 10.6. The lowest BCUT2D eigenvalue weighted by Crippen LogP contribution is -2.29. The van der Waals surface area contributed by atoms with E-state index >= 15 is 0 Å². The number of carbonyl (C=O) groups excluding carboxylic acids is 1. The van der Waals surface area contributed by atoms with E-state index in [2.05, 4.69) is 31.0 Å². The maximum absolute atomic E-state index is 11.9. The molecule has 1 aromatic carbocycles. The minimum Gasteiger partial charge on any atom is -0.273 e. The molecule has 0 spiro atoms. The monoisotopic (exact) mass is 273 g/mol. The van der Waals surface area contributed by atoms with Crippen LogP contribution in [-0.4, -0.2) is 34.8 Å². The highest BCUT2D eigenvalue weighted by molar-refractivity contribution is 5.75. The molecule has 1 heterocycles. The van der Waals surface area contributed by atoms with E-state index in [0.717, 1.165) is 17.2 Å². The van der Waals surface area contributed by atoms with E-state index in [9.17, 15) is 4.79 Å². The van der Waals surface area contributed by atoms with Crippen molar-refractivity contribution in [1.82, 2.24) is 14.6 Å². The molecule has 0 unspecified atom stereocenters. The van der Waals surface area contributed by atoms with Gasteiger partial charge in [0.25, 0.3) is 0 Å². The molecule has 0 aliphatic carbocycles. The van der Waals surface area contributed by atoms with Crippen LogP contribution < -0.4 is 0 Å². The summed E-state index contributed by atoms with van der Waals surface area (Å²) >= 11 is 0. The third-order valence-electron chi connectivity index (χ3n) is 3.40. The average molecular weight is 273 g/mol. The van der Waals surface area contributed by atoms with Crippen LogP contribution in [0, 0.1) is 13.8 Å². The minimum atomic E-state index is -0.271. The molecule has 0 bridgehead atoms. The van der Waals surface area contributed by atoms with Gasteiger partial charge in [0.1, 0.15) is 6.33 Å². The SMILES string of the molecule is CON(C)C(=O)n1cnc(Cc2c(C)cccc2C)c1. The van der Waals surface area contributed by atoms with Gasteiger partial charge in [0.15, 0.2) is 0 Å². The summed E-state index contributed by atoms with van der Waals surface area (Å²) < 4.78 is 1.42. The van der Waals surface area contributed by atoms with E-state index in [1.807, 2.05) is 6.07 Å². The maximum atomic E-state index is 11.9. The van der Waals surface area contributed by atoms with E-state index < -0.39 is 0 Å². The number of nitrogens with zero attached hydrogens (tertiary/aromatic N) is 3. The molecular formula is C15H19N3O2. The van der Waals surface area contributed by atoms with E-state index in [4.69, 9.17) is 4.84 Å². The van der Waals surface area contributed by atoms with Crippen LogP contribution in [0.25, 0.3) is 0 Å². The van der Waals surface area contributed by atoms with Crippen LogP contribution in [-0.2, 0) is 11.3 Å². The van der Waals surface area contributed by atoms with Gasteiger partial charge in [-0.1, -0.05) is 18.2 Å². The second kappa shape index (κ2) is 5.88. The van der Waals surface area contributed by atoms with Gasteiger partial charge in [0.2, 0.25) is 0 Å². The molecule has 5 nitrogen and oxygen atoms in total. The maximum Gasteiger partial charge on any atom is 0.353 e. The second-order valence-electron chi connectivity index (χ2n) is 4.78. The molecule has 0 aliphatic heterocycles. The van der Waals surface area contributed by atoms with Gasteiger partial charge in [-0.25, -0.2) is 14.8 Å². The zero-order valence-electron chi connectivity index (χ0n) is 12.3. The number of carbonyl (C=O) groups is 1. The van der Waals surface area contributed by atoms with Gasteiger partial charge >= 0.3 is 6.03 Å².